The Bertz CT molecular complexity index is 2510. The number of anilines is 2. The first-order chi connectivity index (χ1) is 39.1. The average Bonchev–Trinajstić information content (AvgIpc) is 3.94. The minimum Gasteiger partial charge on any atom is -0.481 e. The van der Waals surface area contributed by atoms with Gasteiger partial charge in [-0.2, -0.15) is 0 Å². The van der Waals surface area contributed by atoms with Crippen molar-refractivity contribution in [3.63, 3.8) is 0 Å². The van der Waals surface area contributed by atoms with Crippen LogP contribution in [-0.2, 0) is 52.7 Å². The Morgan fingerprint density at radius 3 is 1.60 bits per heavy atom. The summed E-state index contributed by atoms with van der Waals surface area (Å²) in [6, 6.07) is -8.79. The van der Waals surface area contributed by atoms with Gasteiger partial charge in [-0.1, -0.05) is 13.8 Å². The molecule has 0 radical (unpaired) electrons. The van der Waals surface area contributed by atoms with Crippen LogP contribution in [-0.4, -0.2) is 268 Å². The Morgan fingerprint density at radius 1 is 0.602 bits per heavy atom. The molecule has 2 aliphatic heterocycles. The molecule has 0 bridgehead atoms. The lowest BCUT2D eigenvalue weighted by Crippen LogP contribution is -2.59. The normalized spacial score (nSPS) is 17.7. The number of rotatable bonds is 34. The van der Waals surface area contributed by atoms with Gasteiger partial charge in [-0.15, -0.1) is 0 Å². The van der Waals surface area contributed by atoms with Crippen molar-refractivity contribution >= 4 is 82.7 Å². The zero-order valence-corrected chi connectivity index (χ0v) is 46.3. The van der Waals surface area contributed by atoms with Crippen LogP contribution >= 0.6 is 0 Å². The highest BCUT2D eigenvalue weighted by Gasteiger charge is 2.38. The number of carboxylic acid groups (broad SMARTS) is 6. The van der Waals surface area contributed by atoms with Crippen molar-refractivity contribution < 1.29 is 88.5 Å². The van der Waals surface area contributed by atoms with E-state index in [1.165, 1.54) is 4.90 Å². The first kappa shape index (κ1) is 69.2. The number of aliphatic carboxylic acids is 6. The third-order valence-electron chi connectivity index (χ3n) is 13.6. The van der Waals surface area contributed by atoms with Gasteiger partial charge in [0, 0.05) is 72.0 Å². The molecule has 5 amide bonds. The number of hydrogen-bond acceptors (Lipinski definition) is 21. The van der Waals surface area contributed by atoms with Crippen LogP contribution in [0.4, 0.5) is 11.4 Å². The monoisotopic (exact) mass is 1180 g/mol. The molecule has 2 aliphatic rings. The number of carbonyl (C=O) groups excluding carboxylic acids is 5. The maximum atomic E-state index is 13.6. The Morgan fingerprint density at radius 2 is 1.11 bits per heavy atom. The van der Waals surface area contributed by atoms with Crippen LogP contribution in [0.1, 0.15) is 65.2 Å². The molecular formula is C49H78N14O20. The molecule has 6 atom stereocenters. The van der Waals surface area contributed by atoms with E-state index in [9.17, 15) is 98.1 Å². The number of hydrogen-bond donors (Lipinski definition) is 16. The van der Waals surface area contributed by atoms with Crippen molar-refractivity contribution in [2.45, 2.75) is 101 Å². The lowest BCUT2D eigenvalue weighted by Gasteiger charge is -2.35. The van der Waals surface area contributed by atoms with Crippen molar-refractivity contribution in [3.05, 3.63) is 20.4 Å². The quantitative estimate of drug-likeness (QED) is 0.0132. The van der Waals surface area contributed by atoms with Gasteiger partial charge in [0.15, 0.2) is 5.96 Å². The zero-order chi connectivity index (χ0) is 62.1. The van der Waals surface area contributed by atoms with E-state index in [1.807, 2.05) is 0 Å². The molecule has 0 aromatic heterocycles. The number of nitrogens with one attached hydrogen (secondary N) is 8. The number of nitrogens with zero attached hydrogens (tertiary/aromatic N) is 5. The molecule has 0 saturated carbocycles. The molecule has 1 unspecified atom stereocenters. The summed E-state index contributed by atoms with van der Waals surface area (Å²) >= 11 is 0. The van der Waals surface area contributed by atoms with Crippen molar-refractivity contribution in [1.82, 2.24) is 51.5 Å². The van der Waals surface area contributed by atoms with Crippen LogP contribution in [0.2, 0.25) is 0 Å². The van der Waals surface area contributed by atoms with E-state index in [0.717, 1.165) is 0 Å². The highest BCUT2D eigenvalue weighted by Crippen LogP contribution is 2.29. The smallest absolute Gasteiger partial charge is 0.326 e. The highest BCUT2D eigenvalue weighted by molar-refractivity contribution is 5.97. The predicted octanol–water partition coefficient (Wildman–Crippen LogP) is -6.71. The van der Waals surface area contributed by atoms with Gasteiger partial charge in [-0.25, -0.2) is 4.79 Å². The van der Waals surface area contributed by atoms with Crippen molar-refractivity contribution in [3.8, 4) is 0 Å². The summed E-state index contributed by atoms with van der Waals surface area (Å²) in [5.74, 6) is -13.5. The SMILES string of the molecule is CC(C)C[C@H](NC(=O)[C@H](CC(=O)O)NC(=O)CNC(=O)[C@@H]1CCCN1c1c(NCCCC(C(=O)O)N2CCN(CC(=O)O)CCN(CC(=O)O)CCN(CC(=O)O)CC2)c(=O)c1=O)C(=O)N[C@@H](CO)C(=O)N[C@@H](CCCNC(=N)N)C(=O)O. The van der Waals surface area contributed by atoms with Crippen LogP contribution < -0.4 is 58.7 Å². The fraction of sp³-hybridized carbons (Fsp3) is 0.673. The molecule has 2 saturated heterocycles. The summed E-state index contributed by atoms with van der Waals surface area (Å²) in [6.45, 7) is 1.14. The third-order valence-corrected chi connectivity index (χ3v) is 13.6. The van der Waals surface area contributed by atoms with Crippen molar-refractivity contribution in [2.75, 3.05) is 115 Å². The Hall–Kier alpha value is -8.08. The number of amides is 5. The molecule has 0 spiro atoms. The van der Waals surface area contributed by atoms with E-state index in [1.54, 1.807) is 33.4 Å². The first-order valence-electron chi connectivity index (χ1n) is 26.9. The lowest BCUT2D eigenvalue weighted by molar-refractivity contribution is -0.145. The van der Waals surface area contributed by atoms with Gasteiger partial charge >= 0.3 is 35.8 Å². The summed E-state index contributed by atoms with van der Waals surface area (Å²) in [4.78, 5) is 172. The largest absolute Gasteiger partial charge is 0.481 e. The Kier molecular flexibility index (Phi) is 28.7. The van der Waals surface area contributed by atoms with Gasteiger partial charge in [-0.05, 0) is 50.9 Å². The number of guanidine groups is 1. The van der Waals surface area contributed by atoms with Crippen molar-refractivity contribution in [2.24, 2.45) is 11.7 Å². The second-order valence-electron chi connectivity index (χ2n) is 20.5. The number of carbonyl (C=O) groups is 11. The maximum absolute atomic E-state index is 13.6. The molecule has 1 aromatic carbocycles. The second-order valence-corrected chi connectivity index (χ2v) is 20.5. The number of aliphatic hydroxyl groups excluding tert-OH is 1. The fourth-order valence-electron chi connectivity index (χ4n) is 9.42. The van der Waals surface area contributed by atoms with Gasteiger partial charge in [0.2, 0.25) is 29.5 Å². The fourth-order valence-corrected chi connectivity index (χ4v) is 9.42. The summed E-state index contributed by atoms with van der Waals surface area (Å²) in [7, 11) is 0. The highest BCUT2D eigenvalue weighted by atomic mass is 16.4. The molecule has 34 nitrogen and oxygen atoms in total. The summed E-state index contributed by atoms with van der Waals surface area (Å²) in [6.07, 6.45) is -0.526. The lowest BCUT2D eigenvalue weighted by atomic mass is 10.0. The molecule has 464 valence electrons. The van der Waals surface area contributed by atoms with E-state index in [0.29, 0.717) is 6.42 Å². The molecular weight excluding hydrogens is 1100 g/mol. The van der Waals surface area contributed by atoms with E-state index in [2.05, 4.69) is 37.2 Å². The molecule has 2 heterocycles. The zero-order valence-electron chi connectivity index (χ0n) is 46.3. The molecule has 1 aromatic rings. The molecule has 17 N–H and O–H groups in total. The minimum absolute atomic E-state index is 0.0291. The van der Waals surface area contributed by atoms with Gasteiger partial charge in [0.05, 0.1) is 39.2 Å². The van der Waals surface area contributed by atoms with E-state index >= 15 is 0 Å². The maximum Gasteiger partial charge on any atom is 0.326 e. The molecule has 3 rings (SSSR count). The number of carboxylic acids is 6. The van der Waals surface area contributed by atoms with Gasteiger partial charge in [0.1, 0.15) is 47.6 Å². The second kappa shape index (κ2) is 34.4. The summed E-state index contributed by atoms with van der Waals surface area (Å²) < 4.78 is 0. The van der Waals surface area contributed by atoms with Crippen LogP contribution in [0.15, 0.2) is 9.59 Å². The summed E-state index contributed by atoms with van der Waals surface area (Å²) in [5.41, 5.74) is 3.12. The summed E-state index contributed by atoms with van der Waals surface area (Å²) in [5, 5.41) is 92.1. The standard InChI is InChI=1S/C49H78N14O20/c1-27(2)20-29(43(76)58-31(26-64)45(78)56-28(47(80)81)6-3-10-53-49(50)51)57-44(77)30(21-35(66)67)55-34(65)22-54-46(79)32-8-5-11-63(32)40-39(41(74)42(40)75)52-9-4-7-33(48(82)83)62-18-16-60(24-37(70)71)14-12-59(23-36(68)69)13-15-61(17-19-62)25-38(72)73/h27-33,52,64H,3-26H2,1-2H3,(H,54,79)(H,55,65)(H,56,78)(H,57,77)(H,58,76)(H,66,67)(H,68,69)(H,70,71)(H,72,73)(H,80,81)(H,82,83)(H4,50,51,53)/t28-,29-,30-,31-,32-,33?/m0/s1. The van der Waals surface area contributed by atoms with E-state index in [4.69, 9.17) is 11.1 Å². The molecule has 83 heavy (non-hydrogen) atoms. The number of nitrogens with two attached hydrogens (primary N) is 1. The molecule has 34 heteroatoms. The number of aliphatic hydroxyl groups is 1. The third kappa shape index (κ3) is 23.7. The predicted molar refractivity (Wildman–Crippen MR) is 291 cm³/mol. The van der Waals surface area contributed by atoms with Gasteiger partial charge < -0.3 is 83.6 Å². The van der Waals surface area contributed by atoms with E-state index in [-0.39, 0.29) is 140 Å². The minimum atomic E-state index is -1.84. The topological polar surface area (TPSA) is 514 Å². The van der Waals surface area contributed by atoms with E-state index < -0.39 is 145 Å². The molecule has 0 aliphatic carbocycles. The van der Waals surface area contributed by atoms with Crippen LogP contribution in [0.25, 0.3) is 0 Å². The van der Waals surface area contributed by atoms with Gasteiger partial charge in [0.25, 0.3) is 10.9 Å². The Labute approximate surface area is 475 Å². The first-order valence-corrected chi connectivity index (χ1v) is 26.9. The Balaban J connectivity index is 1.67. The van der Waals surface area contributed by atoms with Crippen LogP contribution in [0.5, 0.6) is 0 Å². The van der Waals surface area contributed by atoms with Crippen LogP contribution in [0, 0.1) is 11.3 Å². The molecule has 2 fully saturated rings. The van der Waals surface area contributed by atoms with Gasteiger partial charge in [-0.3, -0.25) is 82.5 Å². The van der Waals surface area contributed by atoms with Crippen molar-refractivity contribution in [1.29, 1.82) is 5.41 Å². The average molecular weight is 1180 g/mol. The van der Waals surface area contributed by atoms with Crippen LogP contribution in [0.3, 0.4) is 0 Å².